The average molecular weight is 488 g/mol. The number of aromatic nitrogens is 1. The SMILES string of the molecule is NC[C@H]1CN(c2cc(F)c(N3CCON(C(=O)Nc4nc5ccccc5o4)CC3)c(F)c2)C(=O)O1. The van der Waals surface area contributed by atoms with Crippen LogP contribution in [0.25, 0.3) is 11.1 Å². The Kier molecular flexibility index (Phi) is 6.09. The second kappa shape index (κ2) is 9.35. The molecule has 0 spiro atoms. The molecule has 11 nitrogen and oxygen atoms in total. The molecule has 2 aliphatic rings. The number of cyclic esters (lactones) is 1. The van der Waals surface area contributed by atoms with E-state index in [2.05, 4.69) is 10.3 Å². The van der Waals surface area contributed by atoms with Crippen LogP contribution in [0.15, 0.2) is 40.8 Å². The van der Waals surface area contributed by atoms with Crippen molar-refractivity contribution in [1.82, 2.24) is 10.0 Å². The quantitative estimate of drug-likeness (QED) is 0.574. The molecular formula is C22H22F2N6O5. The molecule has 13 heteroatoms. The number of ether oxygens (including phenoxy) is 1. The highest BCUT2D eigenvalue weighted by molar-refractivity contribution is 5.90. The van der Waals surface area contributed by atoms with Crippen molar-refractivity contribution >= 4 is 40.6 Å². The molecule has 5 rings (SSSR count). The Morgan fingerprint density at radius 3 is 2.66 bits per heavy atom. The zero-order valence-electron chi connectivity index (χ0n) is 18.4. The molecule has 35 heavy (non-hydrogen) atoms. The third kappa shape index (κ3) is 4.55. The molecule has 3 heterocycles. The molecule has 184 valence electrons. The van der Waals surface area contributed by atoms with Crippen LogP contribution in [0, 0.1) is 11.6 Å². The lowest BCUT2D eigenvalue weighted by Gasteiger charge is -2.24. The van der Waals surface area contributed by atoms with Crippen LogP contribution in [0.2, 0.25) is 0 Å². The summed E-state index contributed by atoms with van der Waals surface area (Å²) in [6, 6.07) is 8.56. The second-order valence-electron chi connectivity index (χ2n) is 7.95. The number of nitrogens with zero attached hydrogens (tertiary/aromatic N) is 4. The summed E-state index contributed by atoms with van der Waals surface area (Å²) < 4.78 is 40.5. The Bertz CT molecular complexity index is 1210. The first-order valence-electron chi connectivity index (χ1n) is 10.9. The Labute approximate surface area is 197 Å². The maximum Gasteiger partial charge on any atom is 0.414 e. The van der Waals surface area contributed by atoms with E-state index < -0.39 is 29.9 Å². The van der Waals surface area contributed by atoms with Crippen molar-refractivity contribution in [2.24, 2.45) is 5.73 Å². The van der Waals surface area contributed by atoms with Crippen LogP contribution in [0.1, 0.15) is 0 Å². The van der Waals surface area contributed by atoms with E-state index in [0.29, 0.717) is 11.1 Å². The summed E-state index contributed by atoms with van der Waals surface area (Å²) in [5.74, 6) is -1.71. The van der Waals surface area contributed by atoms with Crippen LogP contribution in [0.5, 0.6) is 0 Å². The van der Waals surface area contributed by atoms with Crippen molar-refractivity contribution in [2.45, 2.75) is 6.10 Å². The molecule has 1 aromatic heterocycles. The minimum absolute atomic E-state index is 0.00174. The molecule has 1 atom stereocenters. The first kappa shape index (κ1) is 22.8. The number of fused-ring (bicyclic) bond motifs is 1. The van der Waals surface area contributed by atoms with E-state index in [-0.39, 0.29) is 56.7 Å². The number of anilines is 3. The standard InChI is InChI=1S/C22H22F2N6O5/c23-15-9-13(29-12-14(11-25)34-22(29)32)10-16(24)19(15)28-5-6-30(33-8-7-28)21(31)27-20-26-17-3-1-2-4-18(17)35-20/h1-4,9-10,14H,5-8,11-12,25H2,(H,26,27,31)/t14-/m0/s1. The first-order valence-corrected chi connectivity index (χ1v) is 10.9. The van der Waals surface area contributed by atoms with Crippen molar-refractivity contribution < 1.29 is 32.4 Å². The van der Waals surface area contributed by atoms with Gasteiger partial charge in [0, 0.05) is 31.8 Å². The van der Waals surface area contributed by atoms with E-state index in [1.54, 1.807) is 24.3 Å². The number of rotatable bonds is 4. The van der Waals surface area contributed by atoms with Gasteiger partial charge in [-0.15, -0.1) is 0 Å². The number of hydroxylamine groups is 2. The highest BCUT2D eigenvalue weighted by atomic mass is 19.1. The predicted molar refractivity (Wildman–Crippen MR) is 121 cm³/mol. The van der Waals surface area contributed by atoms with Crippen molar-refractivity contribution in [1.29, 1.82) is 0 Å². The third-order valence-electron chi connectivity index (χ3n) is 5.68. The van der Waals surface area contributed by atoms with Crippen LogP contribution in [-0.2, 0) is 9.57 Å². The van der Waals surface area contributed by atoms with E-state index in [1.165, 1.54) is 4.90 Å². The fourth-order valence-electron chi connectivity index (χ4n) is 3.98. The van der Waals surface area contributed by atoms with Gasteiger partial charge in [0.2, 0.25) is 0 Å². The number of urea groups is 1. The summed E-state index contributed by atoms with van der Waals surface area (Å²) in [4.78, 5) is 36.8. The minimum Gasteiger partial charge on any atom is -0.443 e. The van der Waals surface area contributed by atoms with Crippen LogP contribution < -0.4 is 20.9 Å². The van der Waals surface area contributed by atoms with E-state index in [1.807, 2.05) is 0 Å². The molecule has 0 unspecified atom stereocenters. The maximum absolute atomic E-state index is 15.0. The van der Waals surface area contributed by atoms with Gasteiger partial charge in [-0.25, -0.2) is 23.4 Å². The molecule has 0 aliphatic carbocycles. The molecule has 2 aliphatic heterocycles. The Morgan fingerprint density at radius 1 is 1.17 bits per heavy atom. The summed E-state index contributed by atoms with van der Waals surface area (Å²) in [6.07, 6.45) is -1.25. The molecule has 2 fully saturated rings. The van der Waals surface area contributed by atoms with Gasteiger partial charge in [-0.1, -0.05) is 12.1 Å². The lowest BCUT2D eigenvalue weighted by atomic mass is 10.2. The van der Waals surface area contributed by atoms with E-state index >= 15 is 0 Å². The molecule has 0 saturated carbocycles. The van der Waals surface area contributed by atoms with Gasteiger partial charge in [-0.3, -0.25) is 15.1 Å². The average Bonchev–Trinajstić information content (AvgIpc) is 3.33. The summed E-state index contributed by atoms with van der Waals surface area (Å²) in [7, 11) is 0. The molecule has 3 aromatic rings. The number of carbonyl (C=O) groups is 2. The zero-order chi connectivity index (χ0) is 24.5. The number of benzene rings is 2. The topological polar surface area (TPSA) is 126 Å². The van der Waals surface area contributed by atoms with Crippen molar-refractivity contribution in [3.8, 4) is 0 Å². The van der Waals surface area contributed by atoms with Crippen molar-refractivity contribution in [2.75, 3.05) is 54.4 Å². The van der Waals surface area contributed by atoms with Crippen LogP contribution in [0.4, 0.5) is 35.8 Å². The lowest BCUT2D eigenvalue weighted by Crippen LogP contribution is -2.37. The molecular weight excluding hydrogens is 466 g/mol. The Morgan fingerprint density at radius 2 is 1.94 bits per heavy atom. The Hall–Kier alpha value is -3.97. The Balaban J connectivity index is 1.26. The number of hydrogen-bond donors (Lipinski definition) is 2. The van der Waals surface area contributed by atoms with Gasteiger partial charge in [-0.2, -0.15) is 4.98 Å². The van der Waals surface area contributed by atoms with Gasteiger partial charge in [-0.05, 0) is 12.1 Å². The van der Waals surface area contributed by atoms with Gasteiger partial charge < -0.3 is 19.8 Å². The highest BCUT2D eigenvalue weighted by Crippen LogP contribution is 2.31. The summed E-state index contributed by atoms with van der Waals surface area (Å²) in [5, 5.41) is 3.56. The summed E-state index contributed by atoms with van der Waals surface area (Å²) >= 11 is 0. The number of oxazole rings is 1. The molecule has 2 saturated heterocycles. The fraction of sp³-hybridized carbons (Fsp3) is 0.318. The number of para-hydroxylation sites is 2. The summed E-state index contributed by atoms with van der Waals surface area (Å²) in [6.45, 7) is 0.447. The normalized spacial score (nSPS) is 18.7. The monoisotopic (exact) mass is 488 g/mol. The van der Waals surface area contributed by atoms with E-state index in [9.17, 15) is 18.4 Å². The number of halogens is 2. The predicted octanol–water partition coefficient (Wildman–Crippen LogP) is 2.68. The first-order chi connectivity index (χ1) is 16.9. The van der Waals surface area contributed by atoms with Gasteiger partial charge in [0.1, 0.15) is 17.3 Å². The number of carbonyl (C=O) groups excluding carboxylic acids is 2. The molecule has 2 aromatic carbocycles. The fourth-order valence-corrected chi connectivity index (χ4v) is 3.98. The number of hydrogen-bond acceptors (Lipinski definition) is 8. The number of nitrogens with two attached hydrogens (primary N) is 1. The zero-order valence-corrected chi connectivity index (χ0v) is 18.4. The van der Waals surface area contributed by atoms with Gasteiger partial charge >= 0.3 is 18.1 Å². The van der Waals surface area contributed by atoms with Crippen molar-refractivity contribution in [3.63, 3.8) is 0 Å². The molecule has 3 amide bonds. The molecule has 0 radical (unpaired) electrons. The molecule has 3 N–H and O–H groups in total. The molecule has 0 bridgehead atoms. The minimum atomic E-state index is -0.853. The van der Waals surface area contributed by atoms with E-state index in [0.717, 1.165) is 22.1 Å². The van der Waals surface area contributed by atoms with Crippen LogP contribution in [0.3, 0.4) is 0 Å². The largest absolute Gasteiger partial charge is 0.443 e. The maximum atomic E-state index is 15.0. The summed E-state index contributed by atoms with van der Waals surface area (Å²) in [5.41, 5.74) is 6.37. The van der Waals surface area contributed by atoms with Gasteiger partial charge in [0.15, 0.2) is 17.2 Å². The smallest absolute Gasteiger partial charge is 0.414 e. The van der Waals surface area contributed by atoms with Gasteiger partial charge in [0.05, 0.1) is 25.4 Å². The van der Waals surface area contributed by atoms with Crippen LogP contribution in [-0.4, -0.2) is 67.6 Å². The second-order valence-corrected chi connectivity index (χ2v) is 7.95. The lowest BCUT2D eigenvalue weighted by molar-refractivity contribution is -0.100. The van der Waals surface area contributed by atoms with Gasteiger partial charge in [0.25, 0.3) is 0 Å². The highest BCUT2D eigenvalue weighted by Gasteiger charge is 2.33. The third-order valence-corrected chi connectivity index (χ3v) is 5.68. The van der Waals surface area contributed by atoms with E-state index in [4.69, 9.17) is 19.7 Å². The number of amides is 3. The van der Waals surface area contributed by atoms with Crippen molar-refractivity contribution in [3.05, 3.63) is 48.0 Å². The van der Waals surface area contributed by atoms with Crippen LogP contribution >= 0.6 is 0 Å². The number of nitrogens with one attached hydrogen (secondary N) is 1.